The summed E-state index contributed by atoms with van der Waals surface area (Å²) in [4.78, 5) is 21.6. The van der Waals surface area contributed by atoms with Crippen LogP contribution >= 0.6 is 0 Å². The normalized spacial score (nSPS) is 16.1. The van der Waals surface area contributed by atoms with E-state index in [1.54, 1.807) is 54.4 Å². The number of aromatic nitrogens is 2. The highest BCUT2D eigenvalue weighted by atomic mass is 32.2. The molecule has 1 aliphatic rings. The maximum atomic E-state index is 13.1. The molecule has 1 aromatic carbocycles. The summed E-state index contributed by atoms with van der Waals surface area (Å²) in [6.07, 6.45) is 2.30. The smallest absolute Gasteiger partial charge is 0.263 e. The first-order chi connectivity index (χ1) is 14.9. The van der Waals surface area contributed by atoms with Crippen LogP contribution < -0.4 is 4.74 Å². The van der Waals surface area contributed by atoms with E-state index in [4.69, 9.17) is 10.00 Å². The summed E-state index contributed by atoms with van der Waals surface area (Å²) >= 11 is 0. The van der Waals surface area contributed by atoms with E-state index < -0.39 is 16.1 Å². The molecule has 3 aromatic rings. The third kappa shape index (κ3) is 4.10. The highest BCUT2D eigenvalue weighted by Crippen LogP contribution is 2.25. The molecule has 1 atom stereocenters. The molecule has 3 heterocycles. The standard InChI is InChI=1S/C21H21N5O4S/c1-15(30-17-5-2-4-16(12-17)13-22)21(27)25-8-10-26(11-9-25)31(28,29)19-14-24-20-18(19)6-3-7-23-20/h2-7,12,14-15H,8-11H2,1H3,(H,23,24). The molecule has 2 aromatic heterocycles. The highest BCUT2D eigenvalue weighted by molar-refractivity contribution is 7.89. The maximum absolute atomic E-state index is 13.1. The van der Waals surface area contributed by atoms with Crippen LogP contribution in [0.25, 0.3) is 11.0 Å². The number of hydrogen-bond donors (Lipinski definition) is 1. The lowest BCUT2D eigenvalue weighted by Crippen LogP contribution is -2.53. The Bertz CT molecular complexity index is 1260. The first-order valence-corrected chi connectivity index (χ1v) is 11.2. The fourth-order valence-corrected chi connectivity index (χ4v) is 5.16. The number of rotatable bonds is 5. The van der Waals surface area contributed by atoms with Crippen molar-refractivity contribution in [2.75, 3.05) is 26.2 Å². The van der Waals surface area contributed by atoms with Crippen LogP contribution in [-0.4, -0.2) is 65.8 Å². The molecule has 160 valence electrons. The van der Waals surface area contributed by atoms with E-state index in [1.807, 2.05) is 6.07 Å². The van der Waals surface area contributed by atoms with E-state index in [0.29, 0.717) is 22.3 Å². The second-order valence-electron chi connectivity index (χ2n) is 7.18. The van der Waals surface area contributed by atoms with Gasteiger partial charge in [-0.05, 0) is 37.3 Å². The number of amides is 1. The third-order valence-corrected chi connectivity index (χ3v) is 7.14. The van der Waals surface area contributed by atoms with Gasteiger partial charge >= 0.3 is 0 Å². The molecule has 31 heavy (non-hydrogen) atoms. The molecular formula is C21H21N5O4S. The van der Waals surface area contributed by atoms with E-state index in [0.717, 1.165) is 0 Å². The molecular weight excluding hydrogens is 418 g/mol. The number of nitrogens with one attached hydrogen (secondary N) is 1. The maximum Gasteiger partial charge on any atom is 0.263 e. The third-order valence-electron chi connectivity index (χ3n) is 5.21. The van der Waals surface area contributed by atoms with Gasteiger partial charge in [0.05, 0.1) is 11.6 Å². The van der Waals surface area contributed by atoms with Gasteiger partial charge in [0.2, 0.25) is 10.0 Å². The van der Waals surface area contributed by atoms with E-state index in [1.165, 1.54) is 10.5 Å². The van der Waals surface area contributed by atoms with Crippen LogP contribution in [0.4, 0.5) is 0 Å². The zero-order chi connectivity index (χ0) is 22.0. The van der Waals surface area contributed by atoms with Crippen LogP contribution in [0.1, 0.15) is 12.5 Å². The molecule has 10 heteroatoms. The molecule has 4 rings (SSSR count). The number of nitrogens with zero attached hydrogens (tertiary/aromatic N) is 4. The Kier molecular flexibility index (Phi) is 5.63. The van der Waals surface area contributed by atoms with Crippen molar-refractivity contribution in [1.29, 1.82) is 5.26 Å². The van der Waals surface area contributed by atoms with Gasteiger partial charge < -0.3 is 14.6 Å². The van der Waals surface area contributed by atoms with E-state index in [9.17, 15) is 13.2 Å². The minimum Gasteiger partial charge on any atom is -0.481 e. The topological polar surface area (TPSA) is 119 Å². The largest absolute Gasteiger partial charge is 0.481 e. The first-order valence-electron chi connectivity index (χ1n) is 9.78. The molecule has 0 radical (unpaired) electrons. The first kappa shape index (κ1) is 20.8. The monoisotopic (exact) mass is 439 g/mol. The summed E-state index contributed by atoms with van der Waals surface area (Å²) in [5.41, 5.74) is 0.963. The fraction of sp³-hybridized carbons (Fsp3) is 0.286. The summed E-state index contributed by atoms with van der Waals surface area (Å²) < 4.78 is 33.3. The van der Waals surface area contributed by atoms with Crippen LogP contribution in [0.3, 0.4) is 0 Å². The van der Waals surface area contributed by atoms with Crippen molar-refractivity contribution < 1.29 is 17.9 Å². The highest BCUT2D eigenvalue weighted by Gasteiger charge is 2.33. The van der Waals surface area contributed by atoms with Gasteiger partial charge in [0, 0.05) is 44.0 Å². The number of H-pyrrole nitrogens is 1. The molecule has 1 saturated heterocycles. The molecule has 0 spiro atoms. The van der Waals surface area contributed by atoms with Gasteiger partial charge in [-0.25, -0.2) is 13.4 Å². The number of sulfonamides is 1. The van der Waals surface area contributed by atoms with Crippen molar-refractivity contribution in [3.63, 3.8) is 0 Å². The molecule has 1 unspecified atom stereocenters. The van der Waals surface area contributed by atoms with Gasteiger partial charge in [0.25, 0.3) is 5.91 Å². The summed E-state index contributed by atoms with van der Waals surface area (Å²) in [7, 11) is -3.71. The van der Waals surface area contributed by atoms with Crippen LogP contribution in [0.5, 0.6) is 5.75 Å². The zero-order valence-electron chi connectivity index (χ0n) is 16.9. The number of carbonyl (C=O) groups is 1. The second-order valence-corrected chi connectivity index (χ2v) is 9.09. The molecule has 1 N–H and O–H groups in total. The Hall–Kier alpha value is -3.42. The van der Waals surface area contributed by atoms with Crippen LogP contribution in [0, 0.1) is 11.3 Å². The number of piperazine rings is 1. The lowest BCUT2D eigenvalue weighted by molar-refractivity contribution is -0.139. The number of fused-ring (bicyclic) bond motifs is 1. The van der Waals surface area contributed by atoms with Crippen molar-refractivity contribution in [3.8, 4) is 11.8 Å². The molecule has 0 saturated carbocycles. The number of hydrogen-bond acceptors (Lipinski definition) is 6. The van der Waals surface area contributed by atoms with E-state index in [2.05, 4.69) is 9.97 Å². The van der Waals surface area contributed by atoms with Crippen LogP contribution in [0.2, 0.25) is 0 Å². The number of carbonyl (C=O) groups excluding carboxylic acids is 1. The average Bonchev–Trinajstić information content (AvgIpc) is 3.24. The van der Waals surface area contributed by atoms with E-state index >= 15 is 0 Å². The van der Waals surface area contributed by atoms with Gasteiger partial charge in [0.15, 0.2) is 6.10 Å². The minimum absolute atomic E-state index is 0.185. The zero-order valence-corrected chi connectivity index (χ0v) is 17.7. The van der Waals surface area contributed by atoms with Crippen molar-refractivity contribution >= 4 is 27.0 Å². The number of pyridine rings is 1. The van der Waals surface area contributed by atoms with Crippen LogP contribution in [0.15, 0.2) is 53.7 Å². The minimum atomic E-state index is -3.71. The molecule has 0 aliphatic carbocycles. The number of benzene rings is 1. The Morgan fingerprint density at radius 3 is 2.74 bits per heavy atom. The van der Waals surface area contributed by atoms with Crippen molar-refractivity contribution in [3.05, 3.63) is 54.4 Å². The molecule has 1 amide bonds. The van der Waals surface area contributed by atoms with Crippen molar-refractivity contribution in [2.24, 2.45) is 0 Å². The predicted molar refractivity (Wildman–Crippen MR) is 113 cm³/mol. The van der Waals surface area contributed by atoms with Crippen molar-refractivity contribution in [2.45, 2.75) is 17.9 Å². The van der Waals surface area contributed by atoms with Crippen LogP contribution in [-0.2, 0) is 14.8 Å². The van der Waals surface area contributed by atoms with Gasteiger partial charge in [0.1, 0.15) is 16.3 Å². The fourth-order valence-electron chi connectivity index (χ4n) is 3.58. The van der Waals surface area contributed by atoms with Gasteiger partial charge in [-0.15, -0.1) is 0 Å². The summed E-state index contributed by atoms with van der Waals surface area (Å²) in [6, 6.07) is 12.0. The van der Waals surface area contributed by atoms with Gasteiger partial charge in [-0.1, -0.05) is 6.07 Å². The SMILES string of the molecule is CC(Oc1cccc(C#N)c1)C(=O)N1CCN(S(=O)(=O)c2c[nH]c3ncccc23)CC1. The summed E-state index contributed by atoms with van der Waals surface area (Å²) in [5.74, 6) is 0.213. The molecule has 1 fully saturated rings. The number of nitriles is 1. The van der Waals surface area contributed by atoms with Gasteiger partial charge in [-0.2, -0.15) is 9.57 Å². The summed E-state index contributed by atoms with van der Waals surface area (Å²) in [6.45, 7) is 2.56. The Labute approximate surface area is 179 Å². The lowest BCUT2D eigenvalue weighted by Gasteiger charge is -2.35. The molecule has 9 nitrogen and oxygen atoms in total. The molecule has 0 bridgehead atoms. The second kappa shape index (κ2) is 8.37. The number of aromatic amines is 1. The predicted octanol–water partition coefficient (Wildman–Crippen LogP) is 1.73. The lowest BCUT2D eigenvalue weighted by atomic mass is 10.2. The van der Waals surface area contributed by atoms with E-state index in [-0.39, 0.29) is 37.0 Å². The summed E-state index contributed by atoms with van der Waals surface area (Å²) in [5, 5.41) is 9.53. The Morgan fingerprint density at radius 1 is 1.23 bits per heavy atom. The quantitative estimate of drug-likeness (QED) is 0.647. The average molecular weight is 439 g/mol. The van der Waals surface area contributed by atoms with Gasteiger partial charge in [-0.3, -0.25) is 4.79 Å². The Morgan fingerprint density at radius 2 is 2.00 bits per heavy atom. The Balaban J connectivity index is 1.41. The number of ether oxygens (including phenoxy) is 1. The molecule has 1 aliphatic heterocycles. The van der Waals surface area contributed by atoms with Crippen molar-refractivity contribution in [1.82, 2.24) is 19.2 Å².